The van der Waals surface area contributed by atoms with Crippen LogP contribution in [0.1, 0.15) is 0 Å². The van der Waals surface area contributed by atoms with Crippen molar-refractivity contribution in [2.75, 3.05) is 13.2 Å². The summed E-state index contributed by atoms with van der Waals surface area (Å²) in [6.45, 7) is -3.72. The number of hydrogen-bond donors (Lipinski definition) is 1. The van der Waals surface area contributed by atoms with Crippen LogP contribution in [0.4, 0.5) is 74.6 Å². The van der Waals surface area contributed by atoms with Crippen LogP contribution in [0, 0.1) is 0 Å². The average Bonchev–Trinajstić information content (AvgIpc) is 2.50. The normalized spacial score (nSPS) is 16.3. The number of halogens is 17. The molecule has 1 N–H and O–H groups in total. The molecule has 0 saturated carbocycles. The molecule has 0 saturated heterocycles. The highest BCUT2D eigenvalue weighted by atomic mass is 19.4. The van der Waals surface area contributed by atoms with Crippen molar-refractivity contribution in [2.24, 2.45) is 0 Å². The molecule has 0 bridgehead atoms. The van der Waals surface area contributed by atoms with Crippen LogP contribution in [0.5, 0.6) is 0 Å². The molecule has 0 amide bonds. The van der Waals surface area contributed by atoms with E-state index in [1.165, 1.54) is 0 Å². The van der Waals surface area contributed by atoms with Crippen LogP contribution < -0.4 is 0 Å². The third-order valence-corrected chi connectivity index (χ3v) is 3.07. The Kier molecular flexibility index (Phi) is 6.84. The molecule has 0 aromatic heterocycles. The smallest absolute Gasteiger partial charge is 0.394 e. The minimum absolute atomic E-state index is 1.68. The maximum absolute atomic E-state index is 13.2. The zero-order valence-corrected chi connectivity index (χ0v) is 12.7. The van der Waals surface area contributed by atoms with Crippen molar-refractivity contribution < 1.29 is 84.5 Å². The number of ether oxygens (including phenoxy) is 1. The Balaban J connectivity index is 6.57. The van der Waals surface area contributed by atoms with Crippen LogP contribution in [0.25, 0.3) is 0 Å². The fourth-order valence-corrected chi connectivity index (χ4v) is 1.41. The highest BCUT2D eigenvalue weighted by Gasteiger charge is 2.95. The summed E-state index contributed by atoms with van der Waals surface area (Å²) in [5.41, 5.74) is 0. The predicted octanol–water partition coefficient (Wildman–Crippen LogP) is 4.96. The Hall–Kier alpha value is -1.27. The van der Waals surface area contributed by atoms with Crippen LogP contribution in [0.2, 0.25) is 0 Å². The minimum atomic E-state index is -8.67. The van der Waals surface area contributed by atoms with Crippen LogP contribution in [0.15, 0.2) is 0 Å². The van der Waals surface area contributed by atoms with Crippen molar-refractivity contribution in [1.82, 2.24) is 0 Å². The summed E-state index contributed by atoms with van der Waals surface area (Å²) < 4.78 is 219. The van der Waals surface area contributed by atoms with E-state index in [-0.39, 0.29) is 0 Å². The fourth-order valence-electron chi connectivity index (χ4n) is 1.41. The molecule has 0 spiro atoms. The van der Waals surface area contributed by atoms with E-state index in [0.717, 1.165) is 0 Å². The second-order valence-electron chi connectivity index (χ2n) is 5.03. The summed E-state index contributed by atoms with van der Waals surface area (Å²) in [6, 6.07) is 0. The van der Waals surface area contributed by atoms with Crippen LogP contribution in [-0.4, -0.2) is 66.1 Å². The number of hydrogen-bond acceptors (Lipinski definition) is 2. The third kappa shape index (κ3) is 3.67. The molecule has 0 aliphatic heterocycles. The van der Waals surface area contributed by atoms with Gasteiger partial charge < -0.3 is 9.84 Å². The predicted molar refractivity (Wildman–Crippen MR) is 53.7 cm³/mol. The Morgan fingerprint density at radius 2 is 0.724 bits per heavy atom. The number of rotatable bonds is 9. The molecule has 0 fully saturated rings. The van der Waals surface area contributed by atoms with Gasteiger partial charge in [0, 0.05) is 0 Å². The van der Waals surface area contributed by atoms with Gasteiger partial charge >= 0.3 is 47.8 Å². The third-order valence-electron chi connectivity index (χ3n) is 3.07. The maximum Gasteiger partial charge on any atom is 0.460 e. The monoisotopic (exact) mass is 480 g/mol. The number of alkyl halides is 17. The van der Waals surface area contributed by atoms with Gasteiger partial charge in [-0.15, -0.1) is 0 Å². The lowest BCUT2D eigenvalue weighted by molar-refractivity contribution is -0.477. The molecule has 0 atom stereocenters. The van der Waals surface area contributed by atoms with Gasteiger partial charge in [-0.1, -0.05) is 0 Å². The average molecular weight is 480 g/mol. The first-order valence-corrected chi connectivity index (χ1v) is 6.27. The van der Waals surface area contributed by atoms with E-state index in [1.807, 2.05) is 0 Å². The van der Waals surface area contributed by atoms with Gasteiger partial charge in [0.2, 0.25) is 0 Å². The Bertz CT molecular complexity index is 577. The molecule has 0 heterocycles. The Labute approximate surface area is 147 Å². The molecule has 0 rings (SSSR count). The molecule has 0 aromatic carbocycles. The first-order chi connectivity index (χ1) is 12.3. The topological polar surface area (TPSA) is 29.5 Å². The molecule has 0 aliphatic carbocycles. The van der Waals surface area contributed by atoms with Crippen molar-refractivity contribution in [2.45, 2.75) is 47.8 Å². The molecular formula is C10H5F17O2. The van der Waals surface area contributed by atoms with E-state index < -0.39 is 61.0 Å². The lowest BCUT2D eigenvalue weighted by atomic mass is 9.90. The summed E-state index contributed by atoms with van der Waals surface area (Å²) in [5.74, 6) is -50.3. The second kappa shape index (κ2) is 7.16. The maximum atomic E-state index is 13.2. The highest BCUT2D eigenvalue weighted by Crippen LogP contribution is 2.63. The van der Waals surface area contributed by atoms with Gasteiger partial charge in [-0.05, 0) is 0 Å². The second-order valence-corrected chi connectivity index (χ2v) is 5.03. The van der Waals surface area contributed by atoms with Gasteiger partial charge in [0.25, 0.3) is 0 Å². The largest absolute Gasteiger partial charge is 0.460 e. The number of aliphatic hydroxyl groups excluding tert-OH is 1. The summed E-state index contributed by atoms with van der Waals surface area (Å²) in [5, 5.41) is 8.01. The van der Waals surface area contributed by atoms with Crippen LogP contribution >= 0.6 is 0 Å². The molecule has 29 heavy (non-hydrogen) atoms. The van der Waals surface area contributed by atoms with Crippen LogP contribution in [-0.2, 0) is 4.74 Å². The molecule has 0 unspecified atom stereocenters. The lowest BCUT2D eigenvalue weighted by Gasteiger charge is -2.42. The highest BCUT2D eigenvalue weighted by molar-refractivity contribution is 5.14. The van der Waals surface area contributed by atoms with Gasteiger partial charge in [0.15, 0.2) is 0 Å². The van der Waals surface area contributed by atoms with E-state index in [9.17, 15) is 74.6 Å². The van der Waals surface area contributed by atoms with E-state index in [1.54, 1.807) is 0 Å². The molecule has 0 aliphatic rings. The van der Waals surface area contributed by atoms with Crippen molar-refractivity contribution in [1.29, 1.82) is 0 Å². The Morgan fingerprint density at radius 1 is 0.448 bits per heavy atom. The molecular weight excluding hydrogens is 475 g/mol. The van der Waals surface area contributed by atoms with E-state index in [4.69, 9.17) is 5.11 Å². The van der Waals surface area contributed by atoms with E-state index in [2.05, 4.69) is 4.74 Å². The van der Waals surface area contributed by atoms with Crippen molar-refractivity contribution >= 4 is 0 Å². The van der Waals surface area contributed by atoms with E-state index >= 15 is 0 Å². The van der Waals surface area contributed by atoms with Crippen molar-refractivity contribution in [3.8, 4) is 0 Å². The van der Waals surface area contributed by atoms with Gasteiger partial charge in [-0.3, -0.25) is 0 Å². The summed E-state index contributed by atoms with van der Waals surface area (Å²) in [7, 11) is 0. The SMILES string of the molecule is OCCOC(F)(F)C(F)(F)C(F)(F)C(F)(F)C(F)(F)C(F)(F)C(F)(F)C(F)(F)F. The molecule has 2 nitrogen and oxygen atoms in total. The fraction of sp³-hybridized carbons (Fsp3) is 1.00. The first-order valence-electron chi connectivity index (χ1n) is 6.27. The molecule has 0 aromatic rings. The first kappa shape index (κ1) is 27.7. The molecule has 176 valence electrons. The summed E-state index contributed by atoms with van der Waals surface area (Å²) >= 11 is 0. The summed E-state index contributed by atoms with van der Waals surface area (Å²) in [4.78, 5) is 0. The van der Waals surface area contributed by atoms with Crippen molar-refractivity contribution in [3.05, 3.63) is 0 Å². The Morgan fingerprint density at radius 3 is 1.00 bits per heavy atom. The summed E-state index contributed by atoms with van der Waals surface area (Å²) in [6.07, 6.45) is -14.7. The lowest BCUT2D eigenvalue weighted by Crippen LogP contribution is -2.74. The minimum Gasteiger partial charge on any atom is -0.394 e. The van der Waals surface area contributed by atoms with Crippen molar-refractivity contribution in [3.63, 3.8) is 0 Å². The zero-order valence-electron chi connectivity index (χ0n) is 12.7. The van der Waals surface area contributed by atoms with Crippen LogP contribution in [0.3, 0.4) is 0 Å². The van der Waals surface area contributed by atoms with Gasteiger partial charge in [0.05, 0.1) is 13.2 Å². The van der Waals surface area contributed by atoms with Gasteiger partial charge in [-0.25, -0.2) is 0 Å². The number of aliphatic hydroxyl groups is 1. The molecule has 0 radical (unpaired) electrons. The van der Waals surface area contributed by atoms with E-state index in [0.29, 0.717) is 0 Å². The standard InChI is InChI=1S/C10H5F17O2/c11-3(12,5(15,16)7(19,20)9(23,24)25)4(13,14)6(17,18)8(21,22)10(26,27)29-2-1-28/h28H,1-2H2. The van der Waals surface area contributed by atoms with Gasteiger partial charge in [0.1, 0.15) is 0 Å². The zero-order chi connectivity index (χ0) is 24.1. The quantitative estimate of drug-likeness (QED) is 0.473. The van der Waals surface area contributed by atoms with Gasteiger partial charge in [-0.2, -0.15) is 74.6 Å². The molecule has 19 heteroatoms.